The number of sulfone groups is 1. The van der Waals surface area contributed by atoms with Crippen LogP contribution in [0.3, 0.4) is 0 Å². The molecule has 1 aliphatic carbocycles. The summed E-state index contributed by atoms with van der Waals surface area (Å²) in [7, 11) is -3.12. The summed E-state index contributed by atoms with van der Waals surface area (Å²) < 4.78 is 27.6. The van der Waals surface area contributed by atoms with E-state index in [1.54, 1.807) is 12.1 Å². The Balaban J connectivity index is 1.83. The summed E-state index contributed by atoms with van der Waals surface area (Å²) in [6.45, 7) is 4.01. The third kappa shape index (κ3) is 6.12. The van der Waals surface area contributed by atoms with Crippen LogP contribution in [0.1, 0.15) is 49.0 Å². The third-order valence-corrected chi connectivity index (χ3v) is 5.86. The first-order valence-electron chi connectivity index (χ1n) is 8.89. The van der Waals surface area contributed by atoms with Gasteiger partial charge in [-0.05, 0) is 36.0 Å². The second-order valence-electron chi connectivity index (χ2n) is 7.28. The van der Waals surface area contributed by atoms with Gasteiger partial charge in [0.25, 0.3) is 5.91 Å². The number of ether oxygens (including phenoxy) is 1. The van der Waals surface area contributed by atoms with Gasteiger partial charge in [0, 0.05) is 12.3 Å². The van der Waals surface area contributed by atoms with Crippen molar-refractivity contribution < 1.29 is 22.7 Å². The van der Waals surface area contributed by atoms with Gasteiger partial charge in [0.05, 0.1) is 11.3 Å². The molecule has 3 atom stereocenters. The number of esters is 1. The van der Waals surface area contributed by atoms with E-state index in [-0.39, 0.29) is 29.9 Å². The van der Waals surface area contributed by atoms with Gasteiger partial charge in [-0.1, -0.05) is 38.8 Å². The molecule has 26 heavy (non-hydrogen) atoms. The molecule has 6 nitrogen and oxygen atoms in total. The van der Waals surface area contributed by atoms with Gasteiger partial charge >= 0.3 is 5.97 Å². The van der Waals surface area contributed by atoms with Crippen LogP contribution in [-0.2, 0) is 25.1 Å². The number of carbonyl (C=O) groups is 2. The first kappa shape index (κ1) is 20.4. The van der Waals surface area contributed by atoms with Crippen LogP contribution >= 0.6 is 0 Å². The van der Waals surface area contributed by atoms with E-state index in [9.17, 15) is 18.0 Å². The van der Waals surface area contributed by atoms with Crippen molar-refractivity contribution in [3.8, 4) is 0 Å². The normalized spacial score (nSPS) is 23.3. The minimum atomic E-state index is -3.12. The van der Waals surface area contributed by atoms with Crippen LogP contribution in [0, 0.1) is 11.8 Å². The maximum absolute atomic E-state index is 12.1. The standard InChI is InChI=1S/C19H27NO5S/c1-13-5-4-6-17(14(13)2)20-18(21)11-25-19(22)16-9-7-15(8-10-16)12-26(3,23)24/h7-10,13-14,17H,4-6,11-12H2,1-3H3,(H,20,21)/t13-,14-,17-/m1/s1. The zero-order valence-electron chi connectivity index (χ0n) is 15.5. The minimum absolute atomic E-state index is 0.0806. The van der Waals surface area contributed by atoms with Crippen molar-refractivity contribution in [2.75, 3.05) is 12.9 Å². The number of rotatable bonds is 6. The minimum Gasteiger partial charge on any atom is -0.452 e. The van der Waals surface area contributed by atoms with Gasteiger partial charge in [0.15, 0.2) is 16.4 Å². The molecule has 0 heterocycles. The van der Waals surface area contributed by atoms with Gasteiger partial charge in [-0.2, -0.15) is 0 Å². The highest BCUT2D eigenvalue weighted by molar-refractivity contribution is 7.89. The van der Waals surface area contributed by atoms with Crippen molar-refractivity contribution in [3.63, 3.8) is 0 Å². The largest absolute Gasteiger partial charge is 0.452 e. The van der Waals surface area contributed by atoms with Crippen LogP contribution in [0.4, 0.5) is 0 Å². The van der Waals surface area contributed by atoms with Crippen molar-refractivity contribution >= 4 is 21.7 Å². The van der Waals surface area contributed by atoms with E-state index in [0.717, 1.165) is 19.1 Å². The first-order valence-corrected chi connectivity index (χ1v) is 10.9. The Bertz CT molecular complexity index is 742. The molecule has 1 aromatic rings. The summed E-state index contributed by atoms with van der Waals surface area (Å²) in [6.07, 6.45) is 4.38. The lowest BCUT2D eigenvalue weighted by molar-refractivity contribution is -0.125. The molecule has 0 aliphatic heterocycles. The van der Waals surface area contributed by atoms with E-state index in [1.807, 2.05) is 0 Å². The van der Waals surface area contributed by atoms with Gasteiger partial charge < -0.3 is 10.1 Å². The van der Waals surface area contributed by atoms with Crippen molar-refractivity contribution in [2.24, 2.45) is 11.8 Å². The summed E-state index contributed by atoms with van der Waals surface area (Å²) in [5.74, 6) is 0.00452. The number of nitrogens with one attached hydrogen (secondary N) is 1. The molecule has 1 N–H and O–H groups in total. The predicted molar refractivity (Wildman–Crippen MR) is 99.4 cm³/mol. The lowest BCUT2D eigenvalue weighted by Gasteiger charge is -2.34. The van der Waals surface area contributed by atoms with Crippen LogP contribution in [0.5, 0.6) is 0 Å². The molecule has 1 aromatic carbocycles. The van der Waals surface area contributed by atoms with Gasteiger partial charge in [-0.15, -0.1) is 0 Å². The van der Waals surface area contributed by atoms with E-state index in [4.69, 9.17) is 4.74 Å². The summed E-state index contributed by atoms with van der Waals surface area (Å²) in [6, 6.07) is 6.28. The Morgan fingerprint density at radius 1 is 1.15 bits per heavy atom. The molecule has 1 amide bonds. The van der Waals surface area contributed by atoms with Crippen LogP contribution < -0.4 is 5.32 Å². The average Bonchev–Trinajstić information content (AvgIpc) is 2.56. The molecule has 144 valence electrons. The highest BCUT2D eigenvalue weighted by Gasteiger charge is 2.28. The summed E-state index contributed by atoms with van der Waals surface area (Å²) in [5.41, 5.74) is 0.886. The number of hydrogen-bond acceptors (Lipinski definition) is 5. The Hall–Kier alpha value is -1.89. The van der Waals surface area contributed by atoms with E-state index in [2.05, 4.69) is 19.2 Å². The van der Waals surface area contributed by atoms with Crippen LogP contribution in [0.2, 0.25) is 0 Å². The predicted octanol–water partition coefficient (Wildman–Crippen LogP) is 2.33. The maximum Gasteiger partial charge on any atom is 0.338 e. The fourth-order valence-electron chi connectivity index (χ4n) is 3.29. The average molecular weight is 381 g/mol. The lowest BCUT2D eigenvalue weighted by Crippen LogP contribution is -2.45. The molecule has 0 aromatic heterocycles. The molecule has 0 bridgehead atoms. The van der Waals surface area contributed by atoms with E-state index in [1.165, 1.54) is 18.6 Å². The van der Waals surface area contributed by atoms with Gasteiger partial charge in [0.1, 0.15) is 0 Å². The van der Waals surface area contributed by atoms with Crippen LogP contribution in [-0.4, -0.2) is 39.2 Å². The number of amides is 1. The summed E-state index contributed by atoms with van der Waals surface area (Å²) in [5, 5.41) is 2.96. The lowest BCUT2D eigenvalue weighted by atomic mass is 9.78. The second-order valence-corrected chi connectivity index (χ2v) is 9.42. The maximum atomic E-state index is 12.1. The molecule has 1 fully saturated rings. The highest BCUT2D eigenvalue weighted by atomic mass is 32.2. The SMILES string of the molecule is C[C@@H]1[C@H](C)CCC[C@H]1NC(=O)COC(=O)c1ccc(CS(C)(=O)=O)cc1. The van der Waals surface area contributed by atoms with Gasteiger partial charge in [0.2, 0.25) is 0 Å². The van der Waals surface area contributed by atoms with Gasteiger partial charge in [-0.3, -0.25) is 4.79 Å². The highest BCUT2D eigenvalue weighted by Crippen LogP contribution is 2.29. The molecule has 0 spiro atoms. The molecular weight excluding hydrogens is 354 g/mol. The Labute approximate surface area is 155 Å². The van der Waals surface area contributed by atoms with E-state index < -0.39 is 15.8 Å². The zero-order chi connectivity index (χ0) is 19.3. The third-order valence-electron chi connectivity index (χ3n) is 5.01. The van der Waals surface area contributed by atoms with Crippen molar-refractivity contribution in [1.29, 1.82) is 0 Å². The van der Waals surface area contributed by atoms with Crippen LogP contribution in [0.15, 0.2) is 24.3 Å². The number of carbonyl (C=O) groups excluding carboxylic acids is 2. The summed E-state index contributed by atoms with van der Waals surface area (Å²) >= 11 is 0. The zero-order valence-corrected chi connectivity index (χ0v) is 16.3. The Kier molecular flexibility index (Phi) is 6.81. The quantitative estimate of drug-likeness (QED) is 0.764. The fraction of sp³-hybridized carbons (Fsp3) is 0.579. The first-order chi connectivity index (χ1) is 12.2. The molecule has 7 heteroatoms. The smallest absolute Gasteiger partial charge is 0.338 e. The molecule has 1 saturated carbocycles. The molecule has 0 unspecified atom stereocenters. The number of benzene rings is 1. The topological polar surface area (TPSA) is 89.5 Å². The van der Waals surface area contributed by atoms with Gasteiger partial charge in [-0.25, -0.2) is 13.2 Å². The van der Waals surface area contributed by atoms with Crippen molar-refractivity contribution in [3.05, 3.63) is 35.4 Å². The summed E-state index contributed by atoms with van der Waals surface area (Å²) in [4.78, 5) is 24.1. The molecular formula is C19H27NO5S. The Morgan fingerprint density at radius 2 is 1.81 bits per heavy atom. The van der Waals surface area contributed by atoms with Crippen LogP contribution in [0.25, 0.3) is 0 Å². The molecule has 0 radical (unpaired) electrons. The monoisotopic (exact) mass is 381 g/mol. The Morgan fingerprint density at radius 3 is 2.42 bits per heavy atom. The van der Waals surface area contributed by atoms with E-state index in [0.29, 0.717) is 17.4 Å². The molecule has 2 rings (SSSR count). The van der Waals surface area contributed by atoms with E-state index >= 15 is 0 Å². The second kappa shape index (κ2) is 8.66. The van der Waals surface area contributed by atoms with Crippen molar-refractivity contribution in [1.82, 2.24) is 5.32 Å². The van der Waals surface area contributed by atoms with Crippen molar-refractivity contribution in [2.45, 2.75) is 44.9 Å². The molecule has 0 saturated heterocycles. The number of hydrogen-bond donors (Lipinski definition) is 1. The fourth-order valence-corrected chi connectivity index (χ4v) is 4.09. The molecule has 1 aliphatic rings.